The Labute approximate surface area is 128 Å². The molecule has 20 heavy (non-hydrogen) atoms. The molecule has 1 N–H and O–H groups in total. The molecular formula is C13H29N3O2S2. The normalized spacial score (nSPS) is 21.5. The molecule has 0 aromatic carbocycles. The molecule has 0 bridgehead atoms. The lowest BCUT2D eigenvalue weighted by atomic mass is 10.00. The highest BCUT2D eigenvalue weighted by Gasteiger charge is 2.31. The SMILES string of the molecule is CCCNCC1CCCN(S(=O)(=O)N(C)CCSC)C1. The van der Waals surface area contributed by atoms with Gasteiger partial charge in [-0.25, -0.2) is 0 Å². The van der Waals surface area contributed by atoms with Gasteiger partial charge in [0.2, 0.25) is 0 Å². The van der Waals surface area contributed by atoms with Gasteiger partial charge in [-0.2, -0.15) is 28.8 Å². The summed E-state index contributed by atoms with van der Waals surface area (Å²) >= 11 is 1.67. The Morgan fingerprint density at radius 3 is 2.85 bits per heavy atom. The van der Waals surface area contributed by atoms with E-state index < -0.39 is 10.2 Å². The van der Waals surface area contributed by atoms with E-state index in [1.54, 1.807) is 23.1 Å². The molecule has 0 aliphatic carbocycles. The molecule has 1 heterocycles. The topological polar surface area (TPSA) is 52.7 Å². The minimum Gasteiger partial charge on any atom is -0.316 e. The molecule has 1 saturated heterocycles. The summed E-state index contributed by atoms with van der Waals surface area (Å²) in [6.45, 7) is 5.98. The zero-order valence-corrected chi connectivity index (χ0v) is 14.6. The van der Waals surface area contributed by atoms with Crippen molar-refractivity contribution < 1.29 is 8.42 Å². The second-order valence-corrected chi connectivity index (χ2v) is 8.41. The van der Waals surface area contributed by atoms with Crippen LogP contribution < -0.4 is 5.32 Å². The van der Waals surface area contributed by atoms with E-state index in [0.717, 1.165) is 38.1 Å². The van der Waals surface area contributed by atoms with Gasteiger partial charge in [-0.1, -0.05) is 6.92 Å². The summed E-state index contributed by atoms with van der Waals surface area (Å²) in [5.74, 6) is 1.28. The highest BCUT2D eigenvalue weighted by Crippen LogP contribution is 2.20. The van der Waals surface area contributed by atoms with E-state index in [9.17, 15) is 8.42 Å². The molecule has 1 atom stereocenters. The second-order valence-electron chi connectivity index (χ2n) is 5.39. The molecule has 7 heteroatoms. The summed E-state index contributed by atoms with van der Waals surface area (Å²) in [6.07, 6.45) is 5.20. The van der Waals surface area contributed by atoms with Gasteiger partial charge in [0.1, 0.15) is 0 Å². The Morgan fingerprint density at radius 2 is 2.20 bits per heavy atom. The fraction of sp³-hybridized carbons (Fsp3) is 1.00. The summed E-state index contributed by atoms with van der Waals surface area (Å²) in [5, 5.41) is 3.40. The van der Waals surface area contributed by atoms with E-state index in [1.807, 2.05) is 6.26 Å². The molecule has 5 nitrogen and oxygen atoms in total. The molecule has 0 spiro atoms. The van der Waals surface area contributed by atoms with Crippen molar-refractivity contribution in [1.82, 2.24) is 13.9 Å². The Kier molecular flexibility index (Phi) is 8.43. The van der Waals surface area contributed by atoms with Crippen LogP contribution in [0.1, 0.15) is 26.2 Å². The average Bonchev–Trinajstić information content (AvgIpc) is 2.45. The van der Waals surface area contributed by atoms with Crippen molar-refractivity contribution in [2.45, 2.75) is 26.2 Å². The molecule has 120 valence electrons. The molecular weight excluding hydrogens is 294 g/mol. The third kappa shape index (κ3) is 5.52. The minimum atomic E-state index is -3.27. The molecule has 1 aliphatic heterocycles. The zero-order chi connectivity index (χ0) is 15.0. The van der Waals surface area contributed by atoms with Crippen LogP contribution in [0.15, 0.2) is 0 Å². The maximum atomic E-state index is 12.5. The summed E-state index contributed by atoms with van der Waals surface area (Å²) in [4.78, 5) is 0. The van der Waals surface area contributed by atoms with Crippen molar-refractivity contribution in [3.63, 3.8) is 0 Å². The van der Waals surface area contributed by atoms with Crippen LogP contribution in [0.5, 0.6) is 0 Å². The van der Waals surface area contributed by atoms with Crippen LogP contribution in [0.3, 0.4) is 0 Å². The molecule has 1 rings (SSSR count). The highest BCUT2D eigenvalue weighted by molar-refractivity contribution is 7.98. The van der Waals surface area contributed by atoms with Crippen molar-refractivity contribution in [2.24, 2.45) is 5.92 Å². The minimum absolute atomic E-state index is 0.444. The lowest BCUT2D eigenvalue weighted by molar-refractivity contribution is 0.247. The Bertz CT molecular complexity index is 363. The third-order valence-corrected chi connectivity index (χ3v) is 6.22. The van der Waals surface area contributed by atoms with E-state index in [1.165, 1.54) is 4.31 Å². The van der Waals surface area contributed by atoms with E-state index >= 15 is 0 Å². The quantitative estimate of drug-likeness (QED) is 0.649. The standard InChI is InChI=1S/C13H29N3O2S2/c1-4-7-14-11-13-6-5-8-16(12-13)20(17,18)15(2)9-10-19-3/h13-14H,4-12H2,1-3H3. The van der Waals surface area contributed by atoms with Crippen LogP contribution in [-0.4, -0.2) is 68.8 Å². The first-order valence-electron chi connectivity index (χ1n) is 7.43. The molecule has 0 saturated carbocycles. The number of nitrogens with one attached hydrogen (secondary N) is 1. The van der Waals surface area contributed by atoms with Crippen molar-refractivity contribution >= 4 is 22.0 Å². The van der Waals surface area contributed by atoms with Crippen molar-refractivity contribution in [3.8, 4) is 0 Å². The predicted octanol–water partition coefficient (Wildman–Crippen LogP) is 1.24. The number of thioether (sulfide) groups is 1. The van der Waals surface area contributed by atoms with Gasteiger partial charge in [-0.15, -0.1) is 0 Å². The number of rotatable bonds is 9. The van der Waals surface area contributed by atoms with Gasteiger partial charge in [0.15, 0.2) is 0 Å². The van der Waals surface area contributed by atoms with Crippen LogP contribution in [0, 0.1) is 5.92 Å². The Morgan fingerprint density at radius 1 is 1.45 bits per heavy atom. The second kappa shape index (κ2) is 9.25. The van der Waals surface area contributed by atoms with Crippen LogP contribution in [0.25, 0.3) is 0 Å². The fourth-order valence-corrected chi connectivity index (χ4v) is 4.47. The van der Waals surface area contributed by atoms with Gasteiger partial charge in [-0.3, -0.25) is 0 Å². The van der Waals surface area contributed by atoms with Gasteiger partial charge in [0.25, 0.3) is 10.2 Å². The molecule has 1 aliphatic rings. The summed E-state index contributed by atoms with van der Waals surface area (Å²) < 4.78 is 28.1. The van der Waals surface area contributed by atoms with Crippen LogP contribution in [0.2, 0.25) is 0 Å². The van der Waals surface area contributed by atoms with E-state index in [-0.39, 0.29) is 0 Å². The molecule has 0 radical (unpaired) electrons. The maximum Gasteiger partial charge on any atom is 0.281 e. The van der Waals surface area contributed by atoms with Gasteiger partial charge in [0, 0.05) is 32.4 Å². The summed E-state index contributed by atoms with van der Waals surface area (Å²) in [6, 6.07) is 0. The molecule has 0 aromatic rings. The summed E-state index contributed by atoms with van der Waals surface area (Å²) in [7, 11) is -1.59. The maximum absolute atomic E-state index is 12.5. The van der Waals surface area contributed by atoms with E-state index in [0.29, 0.717) is 25.6 Å². The lowest BCUT2D eigenvalue weighted by Gasteiger charge is -2.34. The van der Waals surface area contributed by atoms with Gasteiger partial charge in [-0.05, 0) is 44.5 Å². The number of hydrogen-bond acceptors (Lipinski definition) is 4. The van der Waals surface area contributed by atoms with Crippen LogP contribution in [0.4, 0.5) is 0 Å². The first-order valence-corrected chi connectivity index (χ1v) is 10.2. The van der Waals surface area contributed by atoms with Crippen molar-refractivity contribution in [3.05, 3.63) is 0 Å². The smallest absolute Gasteiger partial charge is 0.281 e. The van der Waals surface area contributed by atoms with Crippen LogP contribution >= 0.6 is 11.8 Å². The highest BCUT2D eigenvalue weighted by atomic mass is 32.2. The first kappa shape index (κ1) is 18.2. The molecule has 1 unspecified atom stereocenters. The van der Waals surface area contributed by atoms with E-state index in [4.69, 9.17) is 0 Å². The lowest BCUT2D eigenvalue weighted by Crippen LogP contribution is -2.48. The Hall–Kier alpha value is 0.180. The Balaban J connectivity index is 2.52. The number of hydrogen-bond donors (Lipinski definition) is 1. The van der Waals surface area contributed by atoms with Crippen molar-refractivity contribution in [2.75, 3.05) is 51.8 Å². The van der Waals surface area contributed by atoms with Gasteiger partial charge >= 0.3 is 0 Å². The summed E-state index contributed by atoms with van der Waals surface area (Å²) in [5.41, 5.74) is 0. The molecule has 0 aromatic heterocycles. The largest absolute Gasteiger partial charge is 0.316 e. The molecule has 1 fully saturated rings. The van der Waals surface area contributed by atoms with Gasteiger partial charge in [0.05, 0.1) is 0 Å². The number of nitrogens with zero attached hydrogens (tertiary/aromatic N) is 2. The monoisotopic (exact) mass is 323 g/mol. The first-order chi connectivity index (χ1) is 9.52. The third-order valence-electron chi connectivity index (χ3n) is 3.67. The van der Waals surface area contributed by atoms with Crippen LogP contribution in [-0.2, 0) is 10.2 Å². The molecule has 0 amide bonds. The number of piperidine rings is 1. The fourth-order valence-electron chi connectivity index (χ4n) is 2.42. The van der Waals surface area contributed by atoms with Crippen molar-refractivity contribution in [1.29, 1.82) is 0 Å². The predicted molar refractivity (Wildman–Crippen MR) is 87.4 cm³/mol. The zero-order valence-electron chi connectivity index (χ0n) is 13.0. The van der Waals surface area contributed by atoms with Gasteiger partial charge < -0.3 is 5.32 Å². The average molecular weight is 324 g/mol. The van der Waals surface area contributed by atoms with E-state index in [2.05, 4.69) is 12.2 Å².